The molecule has 1 aromatic carbocycles. The fraction of sp³-hybridized carbons (Fsp3) is 0.429. The molecule has 1 heterocycles. The zero-order valence-electron chi connectivity index (χ0n) is 17.1. The van der Waals surface area contributed by atoms with Crippen LogP contribution >= 0.6 is 11.3 Å². The molecule has 6 nitrogen and oxygen atoms in total. The van der Waals surface area contributed by atoms with Crippen molar-refractivity contribution in [3.05, 3.63) is 40.6 Å². The summed E-state index contributed by atoms with van der Waals surface area (Å²) in [4.78, 5) is 26.6. The van der Waals surface area contributed by atoms with Crippen molar-refractivity contribution >= 4 is 28.8 Å². The fourth-order valence-corrected chi connectivity index (χ4v) is 4.44. The zero-order valence-corrected chi connectivity index (χ0v) is 17.9. The van der Waals surface area contributed by atoms with Crippen LogP contribution in [-0.4, -0.2) is 38.3 Å². The Labute approximate surface area is 181 Å². The van der Waals surface area contributed by atoms with E-state index >= 15 is 0 Å². The van der Waals surface area contributed by atoms with Gasteiger partial charge in [0.15, 0.2) is 6.04 Å². The van der Waals surface area contributed by atoms with Crippen molar-refractivity contribution in [3.8, 4) is 11.5 Å². The number of amides is 2. The van der Waals surface area contributed by atoms with E-state index in [0.717, 1.165) is 37.0 Å². The first-order chi connectivity index (χ1) is 14.7. The van der Waals surface area contributed by atoms with Gasteiger partial charge >= 0.3 is 12.1 Å². The highest BCUT2D eigenvalue weighted by Crippen LogP contribution is 2.38. The van der Waals surface area contributed by atoms with Crippen LogP contribution in [0.25, 0.3) is 0 Å². The topological polar surface area (TPSA) is 67.9 Å². The van der Waals surface area contributed by atoms with E-state index in [4.69, 9.17) is 9.47 Å². The molecule has 2 aromatic rings. The van der Waals surface area contributed by atoms with Gasteiger partial charge in [-0.2, -0.15) is 13.2 Å². The Morgan fingerprint density at radius 3 is 2.23 bits per heavy atom. The molecule has 10 heteroatoms. The Morgan fingerprint density at radius 1 is 1.13 bits per heavy atom. The van der Waals surface area contributed by atoms with Gasteiger partial charge in [0.1, 0.15) is 11.5 Å². The number of rotatable bonds is 7. The predicted octanol–water partition coefficient (Wildman–Crippen LogP) is 4.46. The van der Waals surface area contributed by atoms with Gasteiger partial charge in [-0.15, -0.1) is 11.3 Å². The van der Waals surface area contributed by atoms with Crippen LogP contribution in [0.4, 0.5) is 18.9 Å². The molecule has 1 unspecified atom stereocenters. The first kappa shape index (κ1) is 22.9. The summed E-state index contributed by atoms with van der Waals surface area (Å²) in [6, 6.07) is 5.56. The van der Waals surface area contributed by atoms with E-state index in [1.54, 1.807) is 11.4 Å². The molecule has 1 saturated carbocycles. The molecular weight excluding hydrogens is 433 g/mol. The number of benzene rings is 1. The van der Waals surface area contributed by atoms with E-state index in [2.05, 4.69) is 5.32 Å². The maximum atomic E-state index is 13.6. The third-order valence-electron chi connectivity index (χ3n) is 5.10. The van der Waals surface area contributed by atoms with Gasteiger partial charge in [0.05, 0.1) is 19.9 Å². The normalized spacial score (nSPS) is 15.4. The number of hydrogen-bond acceptors (Lipinski definition) is 5. The van der Waals surface area contributed by atoms with Crippen LogP contribution in [0.1, 0.15) is 36.6 Å². The fourth-order valence-electron chi connectivity index (χ4n) is 3.62. The molecule has 3 rings (SSSR count). The second kappa shape index (κ2) is 9.59. The summed E-state index contributed by atoms with van der Waals surface area (Å²) in [5.74, 6) is -2.43. The van der Waals surface area contributed by atoms with Gasteiger partial charge in [-0.25, -0.2) is 0 Å². The summed E-state index contributed by atoms with van der Waals surface area (Å²) in [5.41, 5.74) is -0.154. The molecule has 0 saturated heterocycles. The molecule has 31 heavy (non-hydrogen) atoms. The van der Waals surface area contributed by atoms with E-state index in [1.165, 1.54) is 38.5 Å². The number of carbonyl (C=O) groups excluding carboxylic acids is 2. The Hall–Kier alpha value is -2.75. The number of nitrogens with one attached hydrogen (secondary N) is 1. The molecule has 1 aliphatic rings. The summed E-state index contributed by atoms with van der Waals surface area (Å²) in [6.45, 7) is 0. The number of anilines is 1. The highest BCUT2D eigenvalue weighted by atomic mass is 32.1. The number of carbonyl (C=O) groups is 2. The highest BCUT2D eigenvalue weighted by Gasteiger charge is 2.48. The van der Waals surface area contributed by atoms with Crippen molar-refractivity contribution in [1.82, 2.24) is 5.32 Å². The van der Waals surface area contributed by atoms with Crippen molar-refractivity contribution in [2.45, 2.75) is 43.9 Å². The minimum Gasteiger partial charge on any atom is -0.497 e. The van der Waals surface area contributed by atoms with Crippen molar-refractivity contribution in [1.29, 1.82) is 0 Å². The van der Waals surface area contributed by atoms with Crippen LogP contribution in [0.15, 0.2) is 35.7 Å². The third-order valence-corrected chi connectivity index (χ3v) is 6.02. The predicted molar refractivity (Wildman–Crippen MR) is 111 cm³/mol. The Kier molecular flexibility index (Phi) is 7.09. The van der Waals surface area contributed by atoms with Crippen molar-refractivity contribution in [2.24, 2.45) is 0 Å². The number of alkyl halides is 3. The summed E-state index contributed by atoms with van der Waals surface area (Å²) in [7, 11) is 2.69. The van der Waals surface area contributed by atoms with Crippen LogP contribution in [-0.2, 0) is 9.59 Å². The number of halogens is 3. The average Bonchev–Trinajstić information content (AvgIpc) is 3.44. The third kappa shape index (κ3) is 5.30. The molecule has 0 bridgehead atoms. The molecule has 1 atom stereocenters. The van der Waals surface area contributed by atoms with Crippen molar-refractivity contribution < 1.29 is 32.2 Å². The lowest BCUT2D eigenvalue weighted by Gasteiger charge is -2.32. The first-order valence-electron chi connectivity index (χ1n) is 9.72. The largest absolute Gasteiger partial charge is 0.497 e. The molecule has 2 amide bonds. The lowest BCUT2D eigenvalue weighted by atomic mass is 10.1. The SMILES string of the molecule is COc1cc(OC)cc(N(C(=O)C(F)(F)F)C(C(=O)NC2CCCC2)c2cccs2)c1. The number of nitrogens with zero attached hydrogens (tertiary/aromatic N) is 1. The van der Waals surface area contributed by atoms with Crippen LogP contribution in [0.5, 0.6) is 11.5 Å². The second-order valence-corrected chi connectivity index (χ2v) is 8.13. The standard InChI is InChI=1S/C21H23F3N2O4S/c1-29-15-10-14(11-16(12-15)30-2)26(20(28)21(22,23)24)18(17-8-5-9-31-17)19(27)25-13-6-3-4-7-13/h5,8-13,18H,3-4,6-7H2,1-2H3,(H,25,27). The molecule has 1 N–H and O–H groups in total. The molecule has 0 aliphatic heterocycles. The smallest absolute Gasteiger partial charge is 0.471 e. The van der Waals surface area contributed by atoms with Crippen LogP contribution in [0.3, 0.4) is 0 Å². The van der Waals surface area contributed by atoms with E-state index < -0.39 is 24.0 Å². The number of thiophene rings is 1. The van der Waals surface area contributed by atoms with Gasteiger partial charge in [-0.1, -0.05) is 18.9 Å². The van der Waals surface area contributed by atoms with E-state index in [9.17, 15) is 22.8 Å². The molecule has 168 valence electrons. The lowest BCUT2D eigenvalue weighted by molar-refractivity contribution is -0.171. The quantitative estimate of drug-likeness (QED) is 0.668. The molecule has 1 aromatic heterocycles. The number of methoxy groups -OCH3 is 2. The zero-order chi connectivity index (χ0) is 22.6. The van der Waals surface area contributed by atoms with Gasteiger partial charge in [0, 0.05) is 29.1 Å². The minimum atomic E-state index is -5.19. The Bertz CT molecular complexity index is 890. The monoisotopic (exact) mass is 456 g/mol. The van der Waals surface area contributed by atoms with Crippen molar-refractivity contribution in [3.63, 3.8) is 0 Å². The molecule has 0 radical (unpaired) electrons. The molecule has 0 spiro atoms. The molecular formula is C21H23F3N2O4S. The molecule has 1 aliphatic carbocycles. The lowest BCUT2D eigenvalue weighted by Crippen LogP contribution is -2.50. The summed E-state index contributed by atoms with van der Waals surface area (Å²) in [6.07, 6.45) is -1.81. The summed E-state index contributed by atoms with van der Waals surface area (Å²) >= 11 is 1.10. The minimum absolute atomic E-state index is 0.127. The maximum absolute atomic E-state index is 13.6. The molecule has 1 fully saturated rings. The van der Waals surface area contributed by atoms with E-state index in [0.29, 0.717) is 9.78 Å². The highest BCUT2D eigenvalue weighted by molar-refractivity contribution is 7.10. The van der Waals surface area contributed by atoms with Crippen LogP contribution < -0.4 is 19.7 Å². The second-order valence-electron chi connectivity index (χ2n) is 7.15. The Balaban J connectivity index is 2.12. The van der Waals surface area contributed by atoms with Crippen LogP contribution in [0.2, 0.25) is 0 Å². The first-order valence-corrected chi connectivity index (χ1v) is 10.6. The maximum Gasteiger partial charge on any atom is 0.471 e. The van der Waals surface area contributed by atoms with E-state index in [1.807, 2.05) is 0 Å². The summed E-state index contributed by atoms with van der Waals surface area (Å²) in [5, 5.41) is 4.47. The number of ether oxygens (including phenoxy) is 2. The van der Waals surface area contributed by atoms with Gasteiger partial charge < -0.3 is 14.8 Å². The van der Waals surface area contributed by atoms with Crippen molar-refractivity contribution in [2.75, 3.05) is 19.1 Å². The average molecular weight is 456 g/mol. The van der Waals surface area contributed by atoms with Gasteiger partial charge in [0.25, 0.3) is 0 Å². The number of hydrogen-bond donors (Lipinski definition) is 1. The van der Waals surface area contributed by atoms with E-state index in [-0.39, 0.29) is 23.2 Å². The summed E-state index contributed by atoms with van der Waals surface area (Å²) < 4.78 is 51.2. The van der Waals surface area contributed by atoms with Gasteiger partial charge in [-0.05, 0) is 24.3 Å². The van der Waals surface area contributed by atoms with Crippen LogP contribution in [0, 0.1) is 0 Å². The van der Waals surface area contributed by atoms with Gasteiger partial charge in [-0.3, -0.25) is 14.5 Å². The van der Waals surface area contributed by atoms with Gasteiger partial charge in [0.2, 0.25) is 5.91 Å². The Morgan fingerprint density at radius 2 is 1.74 bits per heavy atom.